The van der Waals surface area contributed by atoms with Gasteiger partial charge >= 0.3 is 0 Å². The molecule has 0 radical (unpaired) electrons. The quantitative estimate of drug-likeness (QED) is 0.361. The summed E-state index contributed by atoms with van der Waals surface area (Å²) in [5, 5.41) is 18.5. The van der Waals surface area contributed by atoms with E-state index in [2.05, 4.69) is 0 Å². The standard InChI is InChI=1S/C22H12N2O4/c23-13-17(21(25)19-3-1-9-27-19)11-15-5-7-16(8-6-15)12-18(14-24)22(26)20-4-2-10-28-20/h1-12H/b17-11+,18-12+. The van der Waals surface area contributed by atoms with Crippen molar-refractivity contribution in [1.82, 2.24) is 0 Å². The summed E-state index contributed by atoms with van der Waals surface area (Å²) in [5.41, 5.74) is 1.10. The Morgan fingerprint density at radius 3 is 1.39 bits per heavy atom. The highest BCUT2D eigenvalue weighted by Crippen LogP contribution is 2.16. The molecule has 134 valence electrons. The first-order chi connectivity index (χ1) is 13.6. The summed E-state index contributed by atoms with van der Waals surface area (Å²) in [7, 11) is 0. The lowest BCUT2D eigenvalue weighted by molar-refractivity contribution is 0.100. The number of nitrogens with zero attached hydrogens (tertiary/aromatic N) is 2. The Hall–Kier alpha value is -4.42. The summed E-state index contributed by atoms with van der Waals surface area (Å²) in [6.45, 7) is 0. The first-order valence-electron chi connectivity index (χ1n) is 8.12. The number of Topliss-reactive ketones (excluding diaryl/α,β-unsaturated/α-hetero) is 2. The van der Waals surface area contributed by atoms with Crippen LogP contribution in [0.3, 0.4) is 0 Å². The lowest BCUT2D eigenvalue weighted by Gasteiger charge is -2.00. The summed E-state index contributed by atoms with van der Waals surface area (Å²) in [5.74, 6) is -0.843. The van der Waals surface area contributed by atoms with Gasteiger partial charge in [0.25, 0.3) is 0 Å². The highest BCUT2D eigenvalue weighted by molar-refractivity contribution is 6.13. The number of nitriles is 2. The van der Waals surface area contributed by atoms with Crippen LogP contribution in [0.4, 0.5) is 0 Å². The zero-order chi connectivity index (χ0) is 19.9. The Labute approximate surface area is 160 Å². The van der Waals surface area contributed by atoms with E-state index in [-0.39, 0.29) is 22.7 Å². The Morgan fingerprint density at radius 2 is 1.11 bits per heavy atom. The summed E-state index contributed by atoms with van der Waals surface area (Å²) in [4.78, 5) is 24.4. The molecule has 6 heteroatoms. The van der Waals surface area contributed by atoms with Crippen molar-refractivity contribution in [3.05, 3.63) is 94.9 Å². The molecule has 0 fully saturated rings. The molecule has 1 aromatic carbocycles. The van der Waals surface area contributed by atoms with Gasteiger partial charge in [0.2, 0.25) is 11.6 Å². The van der Waals surface area contributed by atoms with E-state index in [4.69, 9.17) is 8.83 Å². The molecule has 0 N–H and O–H groups in total. The predicted octanol–water partition coefficient (Wildman–Crippen LogP) is 4.45. The average molecular weight is 368 g/mol. The van der Waals surface area contributed by atoms with E-state index in [1.54, 1.807) is 36.4 Å². The van der Waals surface area contributed by atoms with Crippen LogP contribution in [0.15, 0.2) is 81.0 Å². The maximum Gasteiger partial charge on any atom is 0.238 e. The average Bonchev–Trinajstić information content (AvgIpc) is 3.44. The predicted molar refractivity (Wildman–Crippen MR) is 99.7 cm³/mol. The van der Waals surface area contributed by atoms with Crippen LogP contribution >= 0.6 is 0 Å². The van der Waals surface area contributed by atoms with Gasteiger partial charge in [-0.3, -0.25) is 9.59 Å². The number of carbonyl (C=O) groups excluding carboxylic acids is 2. The van der Waals surface area contributed by atoms with Crippen molar-refractivity contribution in [2.45, 2.75) is 0 Å². The van der Waals surface area contributed by atoms with Crippen molar-refractivity contribution in [3.8, 4) is 12.1 Å². The van der Waals surface area contributed by atoms with Gasteiger partial charge in [0.1, 0.15) is 23.3 Å². The topological polar surface area (TPSA) is 108 Å². The lowest BCUT2D eigenvalue weighted by Crippen LogP contribution is -2.00. The fraction of sp³-hybridized carbons (Fsp3) is 0. The van der Waals surface area contributed by atoms with Crippen LogP contribution in [0.25, 0.3) is 12.2 Å². The van der Waals surface area contributed by atoms with Crippen LogP contribution < -0.4 is 0 Å². The van der Waals surface area contributed by atoms with Gasteiger partial charge in [0.05, 0.1) is 12.5 Å². The monoisotopic (exact) mass is 368 g/mol. The van der Waals surface area contributed by atoms with E-state index in [9.17, 15) is 20.1 Å². The fourth-order valence-corrected chi connectivity index (χ4v) is 2.40. The van der Waals surface area contributed by atoms with Gasteiger partial charge in [-0.25, -0.2) is 0 Å². The normalized spacial score (nSPS) is 11.5. The van der Waals surface area contributed by atoms with Crippen molar-refractivity contribution in [2.24, 2.45) is 0 Å². The highest BCUT2D eigenvalue weighted by Gasteiger charge is 2.16. The Bertz CT molecular complexity index is 1040. The van der Waals surface area contributed by atoms with Crippen LogP contribution in [0.5, 0.6) is 0 Å². The van der Waals surface area contributed by atoms with E-state index < -0.39 is 11.6 Å². The second-order valence-electron chi connectivity index (χ2n) is 5.62. The van der Waals surface area contributed by atoms with Crippen LogP contribution in [0.2, 0.25) is 0 Å². The molecule has 0 saturated carbocycles. The summed E-state index contributed by atoms with van der Waals surface area (Å²) < 4.78 is 10.0. The molecule has 0 unspecified atom stereocenters. The minimum Gasteiger partial charge on any atom is -0.461 e. The number of furan rings is 2. The molecule has 3 aromatic rings. The number of benzene rings is 1. The van der Waals surface area contributed by atoms with Crippen molar-refractivity contribution in [3.63, 3.8) is 0 Å². The third-order valence-corrected chi connectivity index (χ3v) is 3.78. The molecule has 0 atom stereocenters. The molecule has 0 bridgehead atoms. The maximum atomic E-state index is 12.2. The van der Waals surface area contributed by atoms with Gasteiger partial charge in [0.15, 0.2) is 11.5 Å². The maximum absolute atomic E-state index is 12.2. The Morgan fingerprint density at radius 1 is 0.714 bits per heavy atom. The minimum atomic E-state index is -0.507. The molecule has 28 heavy (non-hydrogen) atoms. The SMILES string of the molecule is N#C/C(=C\c1ccc(/C=C(\C#N)C(=O)c2ccco2)cc1)C(=O)c1ccco1. The summed E-state index contributed by atoms with van der Waals surface area (Å²) in [6.07, 6.45) is 5.61. The van der Waals surface area contributed by atoms with Crippen molar-refractivity contribution in [1.29, 1.82) is 10.5 Å². The molecule has 0 amide bonds. The number of hydrogen-bond donors (Lipinski definition) is 0. The van der Waals surface area contributed by atoms with Gasteiger partial charge in [0, 0.05) is 0 Å². The summed E-state index contributed by atoms with van der Waals surface area (Å²) in [6, 6.07) is 16.5. The largest absolute Gasteiger partial charge is 0.461 e. The second-order valence-corrected chi connectivity index (χ2v) is 5.62. The minimum absolute atomic E-state index is 0.0658. The Balaban J connectivity index is 1.83. The molecule has 2 heterocycles. The lowest BCUT2D eigenvalue weighted by atomic mass is 10.0. The molecular weight excluding hydrogens is 356 g/mol. The van der Waals surface area contributed by atoms with Crippen molar-refractivity contribution in [2.75, 3.05) is 0 Å². The number of carbonyl (C=O) groups is 2. The number of allylic oxidation sites excluding steroid dienone is 2. The first kappa shape index (κ1) is 18.4. The first-order valence-corrected chi connectivity index (χ1v) is 8.12. The number of hydrogen-bond acceptors (Lipinski definition) is 6. The van der Waals surface area contributed by atoms with Gasteiger partial charge < -0.3 is 8.83 Å². The zero-order valence-corrected chi connectivity index (χ0v) is 14.5. The van der Waals surface area contributed by atoms with Crippen molar-refractivity contribution >= 4 is 23.7 Å². The fourth-order valence-electron chi connectivity index (χ4n) is 2.40. The molecule has 6 nitrogen and oxygen atoms in total. The zero-order valence-electron chi connectivity index (χ0n) is 14.5. The molecule has 0 aliphatic rings. The highest BCUT2D eigenvalue weighted by atomic mass is 16.3. The Kier molecular flexibility index (Phi) is 5.45. The third kappa shape index (κ3) is 4.04. The van der Waals surface area contributed by atoms with E-state index >= 15 is 0 Å². The molecule has 2 aromatic heterocycles. The van der Waals surface area contributed by atoms with Gasteiger partial charge in [-0.15, -0.1) is 0 Å². The van der Waals surface area contributed by atoms with Crippen molar-refractivity contribution < 1.29 is 18.4 Å². The molecule has 3 rings (SSSR count). The third-order valence-electron chi connectivity index (χ3n) is 3.78. The molecule has 0 spiro atoms. The molecule has 0 aliphatic heterocycles. The molecular formula is C22H12N2O4. The number of rotatable bonds is 6. The van der Waals surface area contributed by atoms with Crippen LogP contribution in [-0.4, -0.2) is 11.6 Å². The van der Waals surface area contributed by atoms with Gasteiger partial charge in [-0.2, -0.15) is 10.5 Å². The summed E-state index contributed by atoms with van der Waals surface area (Å²) >= 11 is 0. The van der Waals surface area contributed by atoms with E-state index in [1.165, 1.54) is 36.8 Å². The van der Waals surface area contributed by atoms with Gasteiger partial charge in [-0.1, -0.05) is 24.3 Å². The van der Waals surface area contributed by atoms with Gasteiger partial charge in [-0.05, 0) is 47.5 Å². The van der Waals surface area contributed by atoms with E-state index in [0.717, 1.165) is 0 Å². The molecule has 0 aliphatic carbocycles. The van der Waals surface area contributed by atoms with E-state index in [1.807, 2.05) is 12.1 Å². The number of ketones is 2. The van der Waals surface area contributed by atoms with Crippen LogP contribution in [-0.2, 0) is 0 Å². The molecule has 0 saturated heterocycles. The van der Waals surface area contributed by atoms with Crippen LogP contribution in [0, 0.1) is 22.7 Å². The smallest absolute Gasteiger partial charge is 0.238 e. The van der Waals surface area contributed by atoms with E-state index in [0.29, 0.717) is 11.1 Å². The van der Waals surface area contributed by atoms with Crippen LogP contribution in [0.1, 0.15) is 32.2 Å². The second kappa shape index (κ2) is 8.31.